The zero-order valence-electron chi connectivity index (χ0n) is 12.2. The number of carbonyl (C=O) groups excluding carboxylic acids is 1. The lowest BCUT2D eigenvalue weighted by atomic mass is 9.94. The first-order chi connectivity index (χ1) is 10.2. The first-order valence-electron chi connectivity index (χ1n) is 7.13. The van der Waals surface area contributed by atoms with Crippen LogP contribution < -0.4 is 0 Å². The third kappa shape index (κ3) is 2.39. The van der Waals surface area contributed by atoms with Gasteiger partial charge >= 0.3 is 5.97 Å². The summed E-state index contributed by atoms with van der Waals surface area (Å²) < 4.78 is 10.8. The standard InChI is InChI=1S/C16H18N2O3/c1-3-20-15(19)13-11(2)17-16-18(9-10-21-16)14(13)12-7-5-4-6-8-12/h4-8,14H,3,9-10H2,1-2H3/t14-/m1/s1. The average molecular weight is 286 g/mol. The second-order valence-electron chi connectivity index (χ2n) is 4.97. The van der Waals surface area contributed by atoms with Gasteiger partial charge in [0.05, 0.1) is 30.5 Å². The Morgan fingerprint density at radius 3 is 2.90 bits per heavy atom. The lowest BCUT2D eigenvalue weighted by Gasteiger charge is -2.32. The molecule has 1 atom stereocenters. The molecular weight excluding hydrogens is 268 g/mol. The molecule has 0 aliphatic carbocycles. The second kappa shape index (κ2) is 5.60. The van der Waals surface area contributed by atoms with Crippen LogP contribution in [0.2, 0.25) is 0 Å². The lowest BCUT2D eigenvalue weighted by molar-refractivity contribution is -0.139. The highest BCUT2D eigenvalue weighted by Crippen LogP contribution is 2.37. The number of hydrogen-bond acceptors (Lipinski definition) is 5. The molecular formula is C16H18N2O3. The minimum Gasteiger partial charge on any atom is -0.463 e. The minimum atomic E-state index is -0.307. The van der Waals surface area contributed by atoms with Gasteiger partial charge in [0, 0.05) is 0 Å². The minimum absolute atomic E-state index is 0.194. The summed E-state index contributed by atoms with van der Waals surface area (Å²) in [6, 6.07) is 10.3. The van der Waals surface area contributed by atoms with Crippen LogP contribution in [0.1, 0.15) is 25.5 Å². The van der Waals surface area contributed by atoms with Gasteiger partial charge in [-0.05, 0) is 19.4 Å². The number of benzene rings is 1. The van der Waals surface area contributed by atoms with E-state index in [1.54, 1.807) is 0 Å². The predicted octanol–water partition coefficient (Wildman–Crippen LogP) is 2.27. The Kier molecular flexibility index (Phi) is 3.64. The molecule has 2 heterocycles. The van der Waals surface area contributed by atoms with E-state index in [4.69, 9.17) is 9.47 Å². The molecule has 21 heavy (non-hydrogen) atoms. The molecule has 1 aromatic carbocycles. The Hall–Kier alpha value is -2.30. The van der Waals surface area contributed by atoms with Gasteiger partial charge in [-0.3, -0.25) is 0 Å². The van der Waals surface area contributed by atoms with Crippen LogP contribution in [0.15, 0.2) is 46.6 Å². The van der Waals surface area contributed by atoms with Crippen molar-refractivity contribution < 1.29 is 14.3 Å². The van der Waals surface area contributed by atoms with Gasteiger partial charge < -0.3 is 14.4 Å². The molecule has 0 saturated carbocycles. The molecule has 2 aliphatic heterocycles. The highest BCUT2D eigenvalue weighted by Gasteiger charge is 2.39. The Bertz CT molecular complexity index is 607. The third-order valence-electron chi connectivity index (χ3n) is 3.66. The summed E-state index contributed by atoms with van der Waals surface area (Å²) in [4.78, 5) is 18.8. The van der Waals surface area contributed by atoms with Gasteiger partial charge in [-0.2, -0.15) is 0 Å². The summed E-state index contributed by atoms with van der Waals surface area (Å²) in [6.07, 6.45) is 0. The number of allylic oxidation sites excluding steroid dienone is 1. The number of hydrogen-bond donors (Lipinski definition) is 0. The van der Waals surface area contributed by atoms with Crippen LogP contribution in [-0.4, -0.2) is 36.6 Å². The molecule has 2 aliphatic rings. The van der Waals surface area contributed by atoms with Crippen molar-refractivity contribution in [3.8, 4) is 0 Å². The van der Waals surface area contributed by atoms with Gasteiger partial charge in [-0.25, -0.2) is 9.79 Å². The van der Waals surface area contributed by atoms with E-state index < -0.39 is 0 Å². The van der Waals surface area contributed by atoms with E-state index in [0.29, 0.717) is 37.1 Å². The fourth-order valence-electron chi connectivity index (χ4n) is 2.76. The molecule has 0 aromatic heterocycles. The van der Waals surface area contributed by atoms with Crippen molar-refractivity contribution >= 4 is 12.0 Å². The molecule has 5 heteroatoms. The van der Waals surface area contributed by atoms with Crippen LogP contribution >= 0.6 is 0 Å². The molecule has 1 aromatic rings. The number of esters is 1. The van der Waals surface area contributed by atoms with E-state index in [-0.39, 0.29) is 12.0 Å². The van der Waals surface area contributed by atoms with Crippen molar-refractivity contribution in [2.24, 2.45) is 4.99 Å². The fraction of sp³-hybridized carbons (Fsp3) is 0.375. The van der Waals surface area contributed by atoms with Crippen molar-refractivity contribution in [2.45, 2.75) is 19.9 Å². The predicted molar refractivity (Wildman–Crippen MR) is 78.6 cm³/mol. The van der Waals surface area contributed by atoms with Crippen LogP contribution in [0.5, 0.6) is 0 Å². The summed E-state index contributed by atoms with van der Waals surface area (Å²) in [5, 5.41) is 0. The summed E-state index contributed by atoms with van der Waals surface area (Å²) in [5.74, 6) is -0.307. The van der Waals surface area contributed by atoms with E-state index in [2.05, 4.69) is 4.99 Å². The Morgan fingerprint density at radius 2 is 2.19 bits per heavy atom. The van der Waals surface area contributed by atoms with Gasteiger partial charge in [-0.15, -0.1) is 0 Å². The Balaban J connectivity index is 2.08. The molecule has 5 nitrogen and oxygen atoms in total. The van der Waals surface area contributed by atoms with Crippen molar-refractivity contribution in [2.75, 3.05) is 19.8 Å². The highest BCUT2D eigenvalue weighted by atomic mass is 16.5. The van der Waals surface area contributed by atoms with Crippen molar-refractivity contribution in [1.29, 1.82) is 0 Å². The summed E-state index contributed by atoms with van der Waals surface area (Å²) in [7, 11) is 0. The maximum atomic E-state index is 12.4. The maximum absolute atomic E-state index is 12.4. The number of ether oxygens (including phenoxy) is 2. The molecule has 0 amide bonds. The van der Waals surface area contributed by atoms with Gasteiger partial charge in [0.1, 0.15) is 6.61 Å². The van der Waals surface area contributed by atoms with E-state index in [1.165, 1.54) is 0 Å². The van der Waals surface area contributed by atoms with Gasteiger partial charge in [-0.1, -0.05) is 30.3 Å². The summed E-state index contributed by atoms with van der Waals surface area (Å²) >= 11 is 0. The van der Waals surface area contributed by atoms with Gasteiger partial charge in [0.2, 0.25) is 0 Å². The third-order valence-corrected chi connectivity index (χ3v) is 3.66. The summed E-state index contributed by atoms with van der Waals surface area (Å²) in [6.45, 7) is 5.29. The summed E-state index contributed by atoms with van der Waals surface area (Å²) in [5.41, 5.74) is 2.30. The molecule has 1 fully saturated rings. The fourth-order valence-corrected chi connectivity index (χ4v) is 2.76. The van der Waals surface area contributed by atoms with Crippen LogP contribution in [0.3, 0.4) is 0 Å². The molecule has 1 saturated heterocycles. The Morgan fingerprint density at radius 1 is 1.43 bits per heavy atom. The topological polar surface area (TPSA) is 51.1 Å². The number of amidine groups is 1. The van der Waals surface area contributed by atoms with Crippen molar-refractivity contribution in [3.05, 3.63) is 47.2 Å². The largest absolute Gasteiger partial charge is 0.463 e. The first kappa shape index (κ1) is 13.7. The van der Waals surface area contributed by atoms with Crippen LogP contribution in [0.4, 0.5) is 0 Å². The van der Waals surface area contributed by atoms with E-state index >= 15 is 0 Å². The molecule has 0 bridgehead atoms. The second-order valence-corrected chi connectivity index (χ2v) is 4.97. The smallest absolute Gasteiger partial charge is 0.338 e. The average Bonchev–Trinajstić information content (AvgIpc) is 2.94. The van der Waals surface area contributed by atoms with Crippen LogP contribution in [0.25, 0.3) is 0 Å². The van der Waals surface area contributed by atoms with E-state index in [1.807, 2.05) is 49.1 Å². The van der Waals surface area contributed by atoms with Crippen molar-refractivity contribution in [1.82, 2.24) is 4.90 Å². The molecule has 0 N–H and O–H groups in total. The number of fused-ring (bicyclic) bond motifs is 1. The van der Waals surface area contributed by atoms with E-state index in [9.17, 15) is 4.79 Å². The first-order valence-corrected chi connectivity index (χ1v) is 7.13. The lowest BCUT2D eigenvalue weighted by Crippen LogP contribution is -2.37. The quantitative estimate of drug-likeness (QED) is 0.800. The van der Waals surface area contributed by atoms with Crippen LogP contribution in [0, 0.1) is 0 Å². The number of aliphatic imine (C=N–C) groups is 1. The zero-order chi connectivity index (χ0) is 14.8. The number of rotatable bonds is 3. The normalized spacial score (nSPS) is 20.8. The van der Waals surface area contributed by atoms with Crippen molar-refractivity contribution in [3.63, 3.8) is 0 Å². The maximum Gasteiger partial charge on any atom is 0.338 e. The Labute approximate surface area is 123 Å². The number of nitrogens with zero attached hydrogens (tertiary/aromatic N) is 2. The van der Waals surface area contributed by atoms with Gasteiger partial charge in [0.15, 0.2) is 0 Å². The monoisotopic (exact) mass is 286 g/mol. The highest BCUT2D eigenvalue weighted by molar-refractivity contribution is 5.94. The zero-order valence-corrected chi connectivity index (χ0v) is 12.2. The number of carbonyl (C=O) groups is 1. The molecule has 0 radical (unpaired) electrons. The van der Waals surface area contributed by atoms with Gasteiger partial charge in [0.25, 0.3) is 6.02 Å². The molecule has 110 valence electrons. The molecule has 3 rings (SSSR count). The SMILES string of the molecule is CCOC(=O)C1=C(C)N=C2OCCN2[C@@H]1c1ccccc1. The molecule has 0 spiro atoms. The van der Waals surface area contributed by atoms with Crippen LogP contribution in [-0.2, 0) is 14.3 Å². The molecule has 0 unspecified atom stereocenters. The van der Waals surface area contributed by atoms with E-state index in [0.717, 1.165) is 5.56 Å².